The number of hydrogen-bond acceptors (Lipinski definition) is 1. The Kier molecular flexibility index (Phi) is 3.09. The highest BCUT2D eigenvalue weighted by molar-refractivity contribution is 5.58. The van der Waals surface area contributed by atoms with Gasteiger partial charge in [0.05, 0.1) is 11.9 Å². The molecule has 2 nitrogen and oxygen atoms in total. The van der Waals surface area contributed by atoms with Crippen LogP contribution < -0.4 is 0 Å². The Hall–Kier alpha value is -1.57. The first-order valence-corrected chi connectivity index (χ1v) is 5.85. The summed E-state index contributed by atoms with van der Waals surface area (Å²) >= 11 is 0. The average Bonchev–Trinajstić information content (AvgIpc) is 2.78. The second-order valence-corrected chi connectivity index (χ2v) is 4.39. The van der Waals surface area contributed by atoms with Crippen LogP contribution in [0, 0.1) is 0 Å². The van der Waals surface area contributed by atoms with Crippen molar-refractivity contribution in [3.8, 4) is 11.3 Å². The molecule has 1 heterocycles. The number of imidazole rings is 1. The first-order chi connectivity index (χ1) is 7.70. The third-order valence-electron chi connectivity index (χ3n) is 2.82. The van der Waals surface area contributed by atoms with E-state index < -0.39 is 0 Å². The standard InChI is InChI=1S/C14H18N2/c1-4-11-5-7-12(8-6-11)13-9-15-14(16-13)10(2)3/h5-10H,4H2,1-3H3,(H,15,16). The van der Waals surface area contributed by atoms with E-state index in [-0.39, 0.29) is 0 Å². The molecule has 0 aliphatic carbocycles. The highest BCUT2D eigenvalue weighted by Gasteiger charge is 2.05. The van der Waals surface area contributed by atoms with Gasteiger partial charge in [0, 0.05) is 5.92 Å². The fourth-order valence-electron chi connectivity index (χ4n) is 1.70. The summed E-state index contributed by atoms with van der Waals surface area (Å²) < 4.78 is 0. The minimum absolute atomic E-state index is 0.448. The lowest BCUT2D eigenvalue weighted by Crippen LogP contribution is -1.89. The predicted octanol–water partition coefficient (Wildman–Crippen LogP) is 3.76. The molecule has 1 aromatic heterocycles. The van der Waals surface area contributed by atoms with E-state index in [0.29, 0.717) is 5.92 Å². The molecule has 2 rings (SSSR count). The van der Waals surface area contributed by atoms with Crippen LogP contribution in [0.4, 0.5) is 0 Å². The molecule has 0 fully saturated rings. The maximum absolute atomic E-state index is 4.38. The average molecular weight is 214 g/mol. The molecule has 0 radical (unpaired) electrons. The molecule has 0 aliphatic rings. The number of aromatic amines is 1. The van der Waals surface area contributed by atoms with Crippen molar-refractivity contribution in [2.75, 3.05) is 0 Å². The summed E-state index contributed by atoms with van der Waals surface area (Å²) in [4.78, 5) is 7.73. The van der Waals surface area contributed by atoms with Crippen LogP contribution in [0.3, 0.4) is 0 Å². The minimum atomic E-state index is 0.448. The first-order valence-electron chi connectivity index (χ1n) is 5.85. The number of aromatic nitrogens is 2. The van der Waals surface area contributed by atoms with Crippen molar-refractivity contribution < 1.29 is 0 Å². The summed E-state index contributed by atoms with van der Waals surface area (Å²) in [6.07, 6.45) is 3.00. The van der Waals surface area contributed by atoms with E-state index in [2.05, 4.69) is 55.0 Å². The molecule has 0 bridgehead atoms. The van der Waals surface area contributed by atoms with E-state index in [1.165, 1.54) is 11.1 Å². The molecule has 16 heavy (non-hydrogen) atoms. The summed E-state index contributed by atoms with van der Waals surface area (Å²) in [7, 11) is 0. The molecule has 0 amide bonds. The third-order valence-corrected chi connectivity index (χ3v) is 2.82. The Morgan fingerprint density at radius 3 is 2.38 bits per heavy atom. The van der Waals surface area contributed by atoms with Gasteiger partial charge in [-0.05, 0) is 17.5 Å². The second-order valence-electron chi connectivity index (χ2n) is 4.39. The van der Waals surface area contributed by atoms with Crippen LogP contribution in [0.5, 0.6) is 0 Å². The van der Waals surface area contributed by atoms with E-state index in [0.717, 1.165) is 17.9 Å². The highest BCUT2D eigenvalue weighted by atomic mass is 14.9. The van der Waals surface area contributed by atoms with E-state index in [1.807, 2.05) is 6.20 Å². The molecule has 1 N–H and O–H groups in total. The zero-order valence-corrected chi connectivity index (χ0v) is 10.1. The van der Waals surface area contributed by atoms with Crippen molar-refractivity contribution in [2.45, 2.75) is 33.1 Å². The topological polar surface area (TPSA) is 28.7 Å². The molecule has 84 valence electrons. The van der Waals surface area contributed by atoms with Gasteiger partial charge in [-0.15, -0.1) is 0 Å². The fraction of sp³-hybridized carbons (Fsp3) is 0.357. The summed E-state index contributed by atoms with van der Waals surface area (Å²) in [5.74, 6) is 1.50. The van der Waals surface area contributed by atoms with Gasteiger partial charge in [0.25, 0.3) is 0 Å². The number of hydrogen-bond donors (Lipinski definition) is 1. The van der Waals surface area contributed by atoms with E-state index in [1.54, 1.807) is 0 Å². The quantitative estimate of drug-likeness (QED) is 0.828. The number of benzene rings is 1. The Morgan fingerprint density at radius 2 is 1.88 bits per heavy atom. The largest absolute Gasteiger partial charge is 0.342 e. The van der Waals surface area contributed by atoms with Gasteiger partial charge in [-0.25, -0.2) is 4.98 Å². The van der Waals surface area contributed by atoms with Crippen LogP contribution in [0.25, 0.3) is 11.3 Å². The molecule has 0 saturated heterocycles. The Balaban J connectivity index is 2.28. The zero-order chi connectivity index (χ0) is 11.5. The van der Waals surface area contributed by atoms with Crippen LogP contribution in [0.2, 0.25) is 0 Å². The van der Waals surface area contributed by atoms with Gasteiger partial charge in [0.15, 0.2) is 0 Å². The number of aryl methyl sites for hydroxylation is 1. The number of H-pyrrole nitrogens is 1. The second kappa shape index (κ2) is 4.52. The molecular weight excluding hydrogens is 196 g/mol. The lowest BCUT2D eigenvalue weighted by Gasteiger charge is -2.01. The summed E-state index contributed by atoms with van der Waals surface area (Å²) in [6, 6.07) is 8.64. The molecular formula is C14H18N2. The Bertz CT molecular complexity index is 452. The van der Waals surface area contributed by atoms with Crippen LogP contribution >= 0.6 is 0 Å². The van der Waals surface area contributed by atoms with Crippen LogP contribution in [0.15, 0.2) is 30.5 Å². The fourth-order valence-corrected chi connectivity index (χ4v) is 1.70. The number of rotatable bonds is 3. The first kappa shape index (κ1) is 10.9. The van der Waals surface area contributed by atoms with Crippen molar-refractivity contribution >= 4 is 0 Å². The SMILES string of the molecule is CCc1ccc(-c2cnc(C(C)C)[nH]2)cc1. The van der Waals surface area contributed by atoms with Crippen molar-refractivity contribution in [1.29, 1.82) is 0 Å². The molecule has 2 heteroatoms. The van der Waals surface area contributed by atoms with Gasteiger partial charge in [-0.1, -0.05) is 45.0 Å². The van der Waals surface area contributed by atoms with Gasteiger partial charge in [0.1, 0.15) is 5.82 Å². The molecule has 0 unspecified atom stereocenters. The van der Waals surface area contributed by atoms with Crippen molar-refractivity contribution in [1.82, 2.24) is 9.97 Å². The van der Waals surface area contributed by atoms with Gasteiger partial charge in [-0.3, -0.25) is 0 Å². The predicted molar refractivity (Wildman–Crippen MR) is 67.5 cm³/mol. The lowest BCUT2D eigenvalue weighted by molar-refractivity contribution is 0.795. The van der Waals surface area contributed by atoms with Crippen molar-refractivity contribution in [2.24, 2.45) is 0 Å². The van der Waals surface area contributed by atoms with Gasteiger partial charge >= 0.3 is 0 Å². The monoisotopic (exact) mass is 214 g/mol. The molecule has 0 aliphatic heterocycles. The smallest absolute Gasteiger partial charge is 0.109 e. The molecule has 0 saturated carbocycles. The van der Waals surface area contributed by atoms with Crippen LogP contribution in [-0.4, -0.2) is 9.97 Å². The minimum Gasteiger partial charge on any atom is -0.342 e. The van der Waals surface area contributed by atoms with Crippen molar-refractivity contribution in [3.63, 3.8) is 0 Å². The van der Waals surface area contributed by atoms with E-state index >= 15 is 0 Å². The van der Waals surface area contributed by atoms with E-state index in [9.17, 15) is 0 Å². The third kappa shape index (κ3) is 2.16. The molecule has 0 spiro atoms. The maximum Gasteiger partial charge on any atom is 0.109 e. The summed E-state index contributed by atoms with van der Waals surface area (Å²) in [6.45, 7) is 6.45. The molecule has 1 aromatic carbocycles. The van der Waals surface area contributed by atoms with Crippen LogP contribution in [0.1, 0.15) is 38.1 Å². The van der Waals surface area contributed by atoms with Gasteiger partial charge < -0.3 is 4.98 Å². The van der Waals surface area contributed by atoms with Gasteiger partial charge in [-0.2, -0.15) is 0 Å². The number of nitrogens with zero attached hydrogens (tertiary/aromatic N) is 1. The lowest BCUT2D eigenvalue weighted by atomic mass is 10.1. The Morgan fingerprint density at radius 1 is 1.19 bits per heavy atom. The van der Waals surface area contributed by atoms with Crippen LogP contribution in [-0.2, 0) is 6.42 Å². The van der Waals surface area contributed by atoms with E-state index in [4.69, 9.17) is 0 Å². The van der Waals surface area contributed by atoms with Gasteiger partial charge in [0.2, 0.25) is 0 Å². The maximum atomic E-state index is 4.38. The summed E-state index contributed by atoms with van der Waals surface area (Å²) in [5, 5.41) is 0. The molecule has 0 atom stereocenters. The molecule has 2 aromatic rings. The normalized spacial score (nSPS) is 11.0. The van der Waals surface area contributed by atoms with Crippen molar-refractivity contribution in [3.05, 3.63) is 41.9 Å². The zero-order valence-electron chi connectivity index (χ0n) is 10.1. The summed E-state index contributed by atoms with van der Waals surface area (Å²) in [5.41, 5.74) is 3.68. The highest BCUT2D eigenvalue weighted by Crippen LogP contribution is 2.20. The number of nitrogens with one attached hydrogen (secondary N) is 1. The Labute approximate surface area is 96.7 Å².